The molecule has 0 aliphatic carbocycles. The van der Waals surface area contributed by atoms with E-state index in [2.05, 4.69) is 25.8 Å². The average Bonchev–Trinajstić information content (AvgIpc) is 3.33. The Morgan fingerprint density at radius 3 is 2.81 bits per heavy atom. The van der Waals surface area contributed by atoms with E-state index in [9.17, 15) is 9.59 Å². The normalized spacial score (nSPS) is 16.1. The number of benzene rings is 1. The minimum absolute atomic E-state index is 0.0991. The van der Waals surface area contributed by atoms with Gasteiger partial charge in [0.2, 0.25) is 23.5 Å². The summed E-state index contributed by atoms with van der Waals surface area (Å²) in [6.45, 7) is 0. The van der Waals surface area contributed by atoms with E-state index in [4.69, 9.17) is 4.52 Å². The SMILES string of the molecule is O=C1CCC(C(=O)Nc2ccccc2Cc2nc(-c3ccncc3)no2)N1. The van der Waals surface area contributed by atoms with Crippen molar-refractivity contribution in [1.82, 2.24) is 20.4 Å². The summed E-state index contributed by atoms with van der Waals surface area (Å²) < 4.78 is 5.35. The Morgan fingerprint density at radius 1 is 1.22 bits per heavy atom. The minimum Gasteiger partial charge on any atom is -0.344 e. The van der Waals surface area contributed by atoms with E-state index >= 15 is 0 Å². The maximum Gasteiger partial charge on any atom is 0.246 e. The van der Waals surface area contributed by atoms with Crippen molar-refractivity contribution >= 4 is 17.5 Å². The molecule has 0 bridgehead atoms. The fourth-order valence-electron chi connectivity index (χ4n) is 2.93. The molecule has 8 heteroatoms. The van der Waals surface area contributed by atoms with Gasteiger partial charge in [0.05, 0.1) is 6.42 Å². The van der Waals surface area contributed by atoms with Crippen molar-refractivity contribution in [3.8, 4) is 11.4 Å². The van der Waals surface area contributed by atoms with Gasteiger partial charge in [-0.3, -0.25) is 14.6 Å². The van der Waals surface area contributed by atoms with Crippen LogP contribution in [-0.2, 0) is 16.0 Å². The molecule has 0 radical (unpaired) electrons. The van der Waals surface area contributed by atoms with E-state index in [0.29, 0.717) is 36.7 Å². The van der Waals surface area contributed by atoms with Crippen molar-refractivity contribution in [1.29, 1.82) is 0 Å². The van der Waals surface area contributed by atoms with Crippen molar-refractivity contribution in [2.45, 2.75) is 25.3 Å². The lowest BCUT2D eigenvalue weighted by atomic mass is 10.1. The number of carbonyl (C=O) groups is 2. The molecule has 0 spiro atoms. The van der Waals surface area contributed by atoms with Crippen molar-refractivity contribution in [3.05, 3.63) is 60.2 Å². The molecule has 1 fully saturated rings. The highest BCUT2D eigenvalue weighted by Crippen LogP contribution is 2.21. The molecule has 3 heterocycles. The zero-order valence-electron chi connectivity index (χ0n) is 14.4. The van der Waals surface area contributed by atoms with Gasteiger partial charge < -0.3 is 15.2 Å². The lowest BCUT2D eigenvalue weighted by Crippen LogP contribution is -2.37. The third kappa shape index (κ3) is 3.84. The van der Waals surface area contributed by atoms with E-state index in [1.165, 1.54) is 0 Å². The van der Waals surface area contributed by atoms with Crippen LogP contribution < -0.4 is 10.6 Å². The van der Waals surface area contributed by atoms with Gasteiger partial charge in [-0.1, -0.05) is 23.4 Å². The van der Waals surface area contributed by atoms with Crippen LogP contribution in [0.25, 0.3) is 11.4 Å². The average molecular weight is 363 g/mol. The molecular weight excluding hydrogens is 346 g/mol. The highest BCUT2D eigenvalue weighted by molar-refractivity contribution is 5.99. The number of carbonyl (C=O) groups excluding carboxylic acids is 2. The van der Waals surface area contributed by atoms with Crippen LogP contribution >= 0.6 is 0 Å². The largest absolute Gasteiger partial charge is 0.344 e. The summed E-state index contributed by atoms with van der Waals surface area (Å²) in [5.74, 6) is 0.606. The minimum atomic E-state index is -0.493. The fourth-order valence-corrected chi connectivity index (χ4v) is 2.93. The summed E-state index contributed by atoms with van der Waals surface area (Å²) in [4.78, 5) is 32.1. The smallest absolute Gasteiger partial charge is 0.246 e. The number of nitrogens with zero attached hydrogens (tertiary/aromatic N) is 3. The molecule has 1 aromatic carbocycles. The van der Waals surface area contributed by atoms with Gasteiger partial charge in [-0.05, 0) is 30.2 Å². The second-order valence-electron chi connectivity index (χ2n) is 6.23. The molecule has 8 nitrogen and oxygen atoms in total. The van der Waals surface area contributed by atoms with Gasteiger partial charge in [0.15, 0.2) is 0 Å². The van der Waals surface area contributed by atoms with Crippen LogP contribution in [0.3, 0.4) is 0 Å². The number of rotatable bonds is 5. The van der Waals surface area contributed by atoms with Gasteiger partial charge in [0.1, 0.15) is 6.04 Å². The van der Waals surface area contributed by atoms with Gasteiger partial charge in [-0.15, -0.1) is 0 Å². The molecule has 2 aromatic heterocycles. The summed E-state index contributed by atoms with van der Waals surface area (Å²) in [5, 5.41) is 9.54. The Labute approximate surface area is 155 Å². The Bertz CT molecular complexity index is 970. The van der Waals surface area contributed by atoms with Crippen molar-refractivity contribution in [2.75, 3.05) is 5.32 Å². The summed E-state index contributed by atoms with van der Waals surface area (Å²) in [6, 6.07) is 10.5. The summed E-state index contributed by atoms with van der Waals surface area (Å²) in [6.07, 6.45) is 4.59. The van der Waals surface area contributed by atoms with Crippen LogP contribution in [0.2, 0.25) is 0 Å². The molecule has 2 amide bonds. The number of pyridine rings is 1. The van der Waals surface area contributed by atoms with Crippen molar-refractivity contribution < 1.29 is 14.1 Å². The zero-order chi connectivity index (χ0) is 18.6. The lowest BCUT2D eigenvalue weighted by Gasteiger charge is -2.13. The van der Waals surface area contributed by atoms with E-state index < -0.39 is 6.04 Å². The first-order chi connectivity index (χ1) is 13.2. The third-order valence-electron chi connectivity index (χ3n) is 4.34. The maximum absolute atomic E-state index is 12.4. The number of para-hydroxylation sites is 1. The van der Waals surface area contributed by atoms with Crippen LogP contribution in [-0.4, -0.2) is 33.0 Å². The first kappa shape index (κ1) is 16.9. The molecule has 2 N–H and O–H groups in total. The molecule has 3 aromatic rings. The van der Waals surface area contributed by atoms with E-state index in [0.717, 1.165) is 11.1 Å². The van der Waals surface area contributed by atoms with Gasteiger partial charge in [-0.25, -0.2) is 0 Å². The summed E-state index contributed by atoms with van der Waals surface area (Å²) >= 11 is 0. The monoisotopic (exact) mass is 363 g/mol. The molecule has 136 valence electrons. The summed E-state index contributed by atoms with van der Waals surface area (Å²) in [7, 11) is 0. The fraction of sp³-hybridized carbons (Fsp3) is 0.211. The predicted octanol–water partition coefficient (Wildman–Crippen LogP) is 1.94. The summed E-state index contributed by atoms with van der Waals surface area (Å²) in [5.41, 5.74) is 2.32. The molecule has 0 saturated carbocycles. The number of anilines is 1. The molecule has 1 aliphatic heterocycles. The van der Waals surface area contributed by atoms with Crippen LogP contribution in [0.15, 0.2) is 53.3 Å². The van der Waals surface area contributed by atoms with E-state index in [1.807, 2.05) is 24.3 Å². The van der Waals surface area contributed by atoms with Crippen LogP contribution in [0.1, 0.15) is 24.3 Å². The molecule has 27 heavy (non-hydrogen) atoms. The van der Waals surface area contributed by atoms with Crippen LogP contribution in [0, 0.1) is 0 Å². The molecule has 1 unspecified atom stereocenters. The van der Waals surface area contributed by atoms with Crippen molar-refractivity contribution in [3.63, 3.8) is 0 Å². The predicted molar refractivity (Wildman–Crippen MR) is 96.6 cm³/mol. The maximum atomic E-state index is 12.4. The number of nitrogens with one attached hydrogen (secondary N) is 2. The van der Waals surface area contributed by atoms with Crippen molar-refractivity contribution in [2.24, 2.45) is 0 Å². The quantitative estimate of drug-likeness (QED) is 0.717. The molecular formula is C19H17N5O3. The van der Waals surface area contributed by atoms with Crippen LogP contribution in [0.5, 0.6) is 0 Å². The standard InChI is InChI=1S/C19H17N5O3/c25-16-6-5-15(21-16)19(26)22-14-4-2-1-3-13(14)11-17-23-18(24-27-17)12-7-9-20-10-8-12/h1-4,7-10,15H,5-6,11H2,(H,21,25)(H,22,26). The molecule has 1 aliphatic rings. The number of aromatic nitrogens is 3. The van der Waals surface area contributed by atoms with Gasteiger partial charge in [0, 0.05) is 30.1 Å². The Balaban J connectivity index is 1.49. The molecule has 1 atom stereocenters. The van der Waals surface area contributed by atoms with Crippen LogP contribution in [0.4, 0.5) is 5.69 Å². The third-order valence-corrected chi connectivity index (χ3v) is 4.34. The number of hydrogen-bond acceptors (Lipinski definition) is 6. The van der Waals surface area contributed by atoms with Gasteiger partial charge in [0.25, 0.3) is 0 Å². The Morgan fingerprint density at radius 2 is 2.04 bits per heavy atom. The molecule has 4 rings (SSSR count). The van der Waals surface area contributed by atoms with E-state index in [-0.39, 0.29) is 11.8 Å². The number of hydrogen-bond donors (Lipinski definition) is 2. The Hall–Kier alpha value is -3.55. The first-order valence-electron chi connectivity index (χ1n) is 8.60. The second kappa shape index (κ2) is 7.36. The van der Waals surface area contributed by atoms with Gasteiger partial charge >= 0.3 is 0 Å². The van der Waals surface area contributed by atoms with Gasteiger partial charge in [-0.2, -0.15) is 4.98 Å². The number of amides is 2. The molecule has 1 saturated heterocycles. The highest BCUT2D eigenvalue weighted by atomic mass is 16.5. The first-order valence-corrected chi connectivity index (χ1v) is 8.60. The Kier molecular flexibility index (Phi) is 4.61. The highest BCUT2D eigenvalue weighted by Gasteiger charge is 2.27. The topological polar surface area (TPSA) is 110 Å². The zero-order valence-corrected chi connectivity index (χ0v) is 14.4. The second-order valence-corrected chi connectivity index (χ2v) is 6.23. The van der Waals surface area contributed by atoms with E-state index in [1.54, 1.807) is 24.5 Å². The lowest BCUT2D eigenvalue weighted by molar-refractivity contribution is -0.122.